The van der Waals surface area contributed by atoms with Crippen molar-refractivity contribution < 1.29 is 19.2 Å². The molecule has 0 spiro atoms. The molecule has 2 N–H and O–H groups in total. The van der Waals surface area contributed by atoms with Gasteiger partial charge in [0.05, 0.1) is 10.5 Å². The van der Waals surface area contributed by atoms with Crippen LogP contribution in [0.25, 0.3) is 0 Å². The number of carbonyl (C=O) groups excluding carboxylic acids is 2. The Morgan fingerprint density at radius 2 is 1.96 bits per heavy atom. The molecule has 3 rings (SSSR count). The molecule has 0 radical (unpaired) electrons. The minimum Gasteiger partial charge on any atom is -0.454 e. The molecule has 0 aliphatic heterocycles. The number of nitro benzene ring substituents is 1. The zero-order valence-electron chi connectivity index (χ0n) is 14.5. The van der Waals surface area contributed by atoms with E-state index < -0.39 is 17.5 Å². The Labute approximate surface area is 149 Å². The first-order chi connectivity index (χ1) is 12.3. The highest BCUT2D eigenvalue weighted by Gasteiger charge is 2.28. The van der Waals surface area contributed by atoms with Crippen LogP contribution in [-0.4, -0.2) is 27.8 Å². The van der Waals surface area contributed by atoms with E-state index >= 15 is 0 Å². The number of nitrogen functional groups attached to an aromatic ring is 1. The fourth-order valence-electron chi connectivity index (χ4n) is 3.08. The lowest BCUT2D eigenvalue weighted by molar-refractivity contribution is -0.384. The second-order valence-electron chi connectivity index (χ2n) is 6.41. The molecule has 0 bridgehead atoms. The summed E-state index contributed by atoms with van der Waals surface area (Å²) >= 11 is 0. The number of carbonyl (C=O) groups is 2. The summed E-state index contributed by atoms with van der Waals surface area (Å²) in [5, 5.41) is 10.8. The number of Topliss-reactive ketones (excluding diaryl/α,β-unsaturated/α-hetero) is 1. The van der Waals surface area contributed by atoms with E-state index in [1.54, 1.807) is 6.07 Å². The van der Waals surface area contributed by atoms with Crippen molar-refractivity contribution in [2.45, 2.75) is 32.7 Å². The van der Waals surface area contributed by atoms with Gasteiger partial charge in [-0.3, -0.25) is 14.9 Å². The van der Waals surface area contributed by atoms with Crippen molar-refractivity contribution >= 4 is 23.1 Å². The second kappa shape index (κ2) is 6.62. The molecule has 0 unspecified atom stereocenters. The van der Waals surface area contributed by atoms with E-state index in [-0.39, 0.29) is 22.7 Å². The average Bonchev–Trinajstić information content (AvgIpc) is 3.37. The number of rotatable bonds is 6. The molecule has 8 heteroatoms. The normalized spacial score (nSPS) is 13.5. The number of ether oxygens (including phenoxy) is 1. The zero-order chi connectivity index (χ0) is 19.0. The van der Waals surface area contributed by atoms with E-state index in [0.717, 1.165) is 30.3 Å². The molecule has 1 heterocycles. The molecule has 2 aromatic rings. The third kappa shape index (κ3) is 3.30. The number of nitrogens with two attached hydrogens (primary N) is 1. The Kier molecular flexibility index (Phi) is 4.50. The first-order valence-corrected chi connectivity index (χ1v) is 8.22. The van der Waals surface area contributed by atoms with Gasteiger partial charge in [-0.2, -0.15) is 0 Å². The minimum absolute atomic E-state index is 0.0555. The van der Waals surface area contributed by atoms with Gasteiger partial charge in [0, 0.05) is 40.8 Å². The SMILES string of the molecule is Cc1cc(C(=O)COC(=O)c2cc([N+](=O)[O-])ccc2N)c(C)n1C1CC1. The number of nitro groups is 1. The van der Waals surface area contributed by atoms with E-state index in [9.17, 15) is 19.7 Å². The van der Waals surface area contributed by atoms with Gasteiger partial charge in [-0.15, -0.1) is 0 Å². The van der Waals surface area contributed by atoms with Gasteiger partial charge in [-0.25, -0.2) is 4.79 Å². The molecule has 1 fully saturated rings. The number of aryl methyl sites for hydroxylation is 1. The maximum absolute atomic E-state index is 12.4. The van der Waals surface area contributed by atoms with Crippen LogP contribution in [0.5, 0.6) is 0 Å². The van der Waals surface area contributed by atoms with Crippen LogP contribution < -0.4 is 5.73 Å². The van der Waals surface area contributed by atoms with Crippen molar-refractivity contribution in [3.05, 3.63) is 56.9 Å². The standard InChI is InChI=1S/C18H19N3O5/c1-10-7-14(11(2)20(10)12-3-4-12)17(22)9-26-18(23)15-8-13(21(24)25)5-6-16(15)19/h5-8,12H,3-4,9,19H2,1-2H3. The molecule has 0 saturated heterocycles. The van der Waals surface area contributed by atoms with Gasteiger partial charge in [-0.1, -0.05) is 0 Å². The molecular weight excluding hydrogens is 338 g/mol. The lowest BCUT2D eigenvalue weighted by Gasteiger charge is -2.08. The number of hydrogen-bond donors (Lipinski definition) is 1. The Hall–Kier alpha value is -3.16. The third-order valence-corrected chi connectivity index (χ3v) is 4.50. The lowest BCUT2D eigenvalue weighted by Crippen LogP contribution is -2.16. The van der Waals surface area contributed by atoms with Gasteiger partial charge >= 0.3 is 5.97 Å². The van der Waals surface area contributed by atoms with Crippen LogP contribution in [0.1, 0.15) is 51.0 Å². The number of esters is 1. The van der Waals surface area contributed by atoms with Gasteiger partial charge in [0.2, 0.25) is 5.78 Å². The van der Waals surface area contributed by atoms with Gasteiger partial charge in [-0.05, 0) is 38.8 Å². The van der Waals surface area contributed by atoms with E-state index in [1.165, 1.54) is 12.1 Å². The highest BCUT2D eigenvalue weighted by atomic mass is 16.6. The maximum Gasteiger partial charge on any atom is 0.340 e. The number of hydrogen-bond acceptors (Lipinski definition) is 6. The molecule has 1 aromatic carbocycles. The van der Waals surface area contributed by atoms with Gasteiger partial charge in [0.1, 0.15) is 0 Å². The summed E-state index contributed by atoms with van der Waals surface area (Å²) in [5.41, 5.74) is 7.72. The van der Waals surface area contributed by atoms with E-state index in [0.29, 0.717) is 11.6 Å². The van der Waals surface area contributed by atoms with Crippen molar-refractivity contribution in [1.82, 2.24) is 4.57 Å². The van der Waals surface area contributed by atoms with E-state index in [4.69, 9.17) is 10.5 Å². The number of benzene rings is 1. The average molecular weight is 357 g/mol. The molecule has 136 valence electrons. The molecular formula is C18H19N3O5. The predicted molar refractivity (Wildman–Crippen MR) is 94.3 cm³/mol. The summed E-state index contributed by atoms with van der Waals surface area (Å²) in [6.07, 6.45) is 2.20. The van der Waals surface area contributed by atoms with Gasteiger partial charge in [0.25, 0.3) is 5.69 Å². The fraction of sp³-hybridized carbons (Fsp3) is 0.333. The highest BCUT2D eigenvalue weighted by Crippen LogP contribution is 2.38. The Bertz CT molecular complexity index is 912. The van der Waals surface area contributed by atoms with Crippen molar-refractivity contribution in [3.8, 4) is 0 Å². The van der Waals surface area contributed by atoms with Crippen molar-refractivity contribution in [2.75, 3.05) is 12.3 Å². The van der Waals surface area contributed by atoms with Gasteiger partial charge < -0.3 is 15.0 Å². The molecule has 26 heavy (non-hydrogen) atoms. The fourth-order valence-corrected chi connectivity index (χ4v) is 3.08. The number of non-ortho nitro benzene ring substituents is 1. The van der Waals surface area contributed by atoms with Crippen LogP contribution in [0.3, 0.4) is 0 Å². The molecule has 8 nitrogen and oxygen atoms in total. The topological polar surface area (TPSA) is 117 Å². The molecule has 0 atom stereocenters. The predicted octanol–water partition coefficient (Wildman–Crippen LogP) is 2.97. The zero-order valence-corrected chi connectivity index (χ0v) is 14.5. The van der Waals surface area contributed by atoms with Crippen molar-refractivity contribution in [3.63, 3.8) is 0 Å². The van der Waals surface area contributed by atoms with Gasteiger partial charge in [0.15, 0.2) is 6.61 Å². The molecule has 1 aliphatic rings. The van der Waals surface area contributed by atoms with Crippen LogP contribution in [0.2, 0.25) is 0 Å². The molecule has 1 saturated carbocycles. The Balaban J connectivity index is 1.72. The Morgan fingerprint density at radius 1 is 1.27 bits per heavy atom. The maximum atomic E-state index is 12.4. The Morgan fingerprint density at radius 3 is 2.58 bits per heavy atom. The lowest BCUT2D eigenvalue weighted by atomic mass is 10.1. The van der Waals surface area contributed by atoms with Crippen LogP contribution in [-0.2, 0) is 4.74 Å². The summed E-state index contributed by atoms with van der Waals surface area (Å²) < 4.78 is 7.17. The first-order valence-electron chi connectivity index (χ1n) is 8.22. The monoisotopic (exact) mass is 357 g/mol. The minimum atomic E-state index is -0.865. The van der Waals surface area contributed by atoms with Crippen LogP contribution in [0.4, 0.5) is 11.4 Å². The number of nitrogens with zero attached hydrogens (tertiary/aromatic N) is 2. The van der Waals surface area contributed by atoms with Crippen LogP contribution in [0.15, 0.2) is 24.3 Å². The number of ketones is 1. The summed E-state index contributed by atoms with van der Waals surface area (Å²) in [5.74, 6) is -1.18. The highest BCUT2D eigenvalue weighted by molar-refractivity contribution is 6.01. The largest absolute Gasteiger partial charge is 0.454 e. The van der Waals surface area contributed by atoms with Crippen LogP contribution >= 0.6 is 0 Å². The molecule has 1 aliphatic carbocycles. The molecule has 0 amide bonds. The van der Waals surface area contributed by atoms with Crippen molar-refractivity contribution in [2.24, 2.45) is 0 Å². The number of aromatic nitrogens is 1. The third-order valence-electron chi connectivity index (χ3n) is 4.50. The number of anilines is 1. The summed E-state index contributed by atoms with van der Waals surface area (Å²) in [6.45, 7) is 3.37. The van der Waals surface area contributed by atoms with Crippen LogP contribution in [0, 0.1) is 24.0 Å². The quantitative estimate of drug-likeness (QED) is 0.279. The first kappa shape index (κ1) is 17.7. The second-order valence-corrected chi connectivity index (χ2v) is 6.41. The smallest absolute Gasteiger partial charge is 0.340 e. The summed E-state index contributed by atoms with van der Waals surface area (Å²) in [4.78, 5) is 34.8. The summed E-state index contributed by atoms with van der Waals surface area (Å²) in [6, 6.07) is 5.75. The molecule has 1 aromatic heterocycles. The summed E-state index contributed by atoms with van der Waals surface area (Å²) in [7, 11) is 0. The van der Waals surface area contributed by atoms with E-state index in [1.807, 2.05) is 13.8 Å². The van der Waals surface area contributed by atoms with E-state index in [2.05, 4.69) is 4.57 Å². The van der Waals surface area contributed by atoms with Crippen molar-refractivity contribution in [1.29, 1.82) is 0 Å².